The highest BCUT2D eigenvalue weighted by atomic mass is 19.4. The number of anilines is 3. The molecule has 3 heterocycles. The van der Waals surface area contributed by atoms with Gasteiger partial charge in [0.05, 0.1) is 6.61 Å². The number of halogens is 3. The predicted molar refractivity (Wildman–Crippen MR) is 160 cm³/mol. The number of aromatic nitrogens is 2. The van der Waals surface area contributed by atoms with Gasteiger partial charge in [-0.15, -0.1) is 0 Å². The van der Waals surface area contributed by atoms with Crippen LogP contribution < -0.4 is 20.3 Å². The van der Waals surface area contributed by atoms with E-state index in [1.807, 2.05) is 6.07 Å². The van der Waals surface area contributed by atoms with Crippen molar-refractivity contribution in [2.45, 2.75) is 63.1 Å². The predicted octanol–water partition coefficient (Wildman–Crippen LogP) is 5.05. The number of nitrogens with zero attached hydrogens (tertiary/aromatic N) is 3. The Morgan fingerprint density at radius 3 is 2.59 bits per heavy atom. The van der Waals surface area contributed by atoms with Gasteiger partial charge < -0.3 is 30.1 Å². The van der Waals surface area contributed by atoms with Crippen LogP contribution in [-0.4, -0.2) is 65.9 Å². The first kappa shape index (κ1) is 29.8. The second kappa shape index (κ2) is 10.4. The maximum Gasteiger partial charge on any atom is 0.434 e. The second-order valence-corrected chi connectivity index (χ2v) is 14.0. The monoisotopic (exact) mass is 641 g/mol. The Morgan fingerprint density at radius 1 is 1.13 bits per heavy atom. The van der Waals surface area contributed by atoms with Crippen LogP contribution in [-0.2, 0) is 22.1 Å². The molecule has 10 nitrogen and oxygen atoms in total. The Hall–Kier alpha value is -3.61. The van der Waals surface area contributed by atoms with Crippen molar-refractivity contribution in [3.63, 3.8) is 0 Å². The van der Waals surface area contributed by atoms with E-state index < -0.39 is 34.8 Å². The van der Waals surface area contributed by atoms with Crippen LogP contribution in [0.3, 0.4) is 0 Å². The average molecular weight is 642 g/mol. The van der Waals surface area contributed by atoms with Crippen LogP contribution >= 0.6 is 0 Å². The van der Waals surface area contributed by atoms with E-state index in [4.69, 9.17) is 9.47 Å². The van der Waals surface area contributed by atoms with E-state index in [0.29, 0.717) is 68.0 Å². The van der Waals surface area contributed by atoms with Crippen molar-refractivity contribution in [3.05, 3.63) is 35.0 Å². The number of amides is 1. The van der Waals surface area contributed by atoms with Gasteiger partial charge in [-0.3, -0.25) is 4.79 Å². The number of carbonyl (C=O) groups excluding carboxylic acids is 1. The first-order chi connectivity index (χ1) is 22.1. The lowest BCUT2D eigenvalue weighted by molar-refractivity contribution is -0.209. The fourth-order valence-corrected chi connectivity index (χ4v) is 10.1. The third-order valence-corrected chi connectivity index (χ3v) is 12.2. The van der Waals surface area contributed by atoms with Gasteiger partial charge in [-0.25, -0.2) is 9.78 Å². The fourth-order valence-electron chi connectivity index (χ4n) is 10.1. The lowest BCUT2D eigenvalue weighted by Crippen LogP contribution is -2.73. The van der Waals surface area contributed by atoms with E-state index in [9.17, 15) is 27.9 Å². The molecule has 13 heteroatoms. The van der Waals surface area contributed by atoms with Gasteiger partial charge in [0.2, 0.25) is 5.95 Å². The molecular formula is C33H38F3N5O5. The maximum atomic E-state index is 14.7. The van der Waals surface area contributed by atoms with Gasteiger partial charge in [-0.2, -0.15) is 18.2 Å². The molecule has 1 saturated heterocycles. The summed E-state index contributed by atoms with van der Waals surface area (Å²) in [5.41, 5.74) is -2.28. The van der Waals surface area contributed by atoms with Crippen LogP contribution in [0.2, 0.25) is 0 Å². The Kier molecular flexibility index (Phi) is 6.76. The highest BCUT2D eigenvalue weighted by Gasteiger charge is 2.83. The van der Waals surface area contributed by atoms with Gasteiger partial charge in [-0.1, -0.05) is 0 Å². The minimum Gasteiger partial charge on any atom is -0.494 e. The average Bonchev–Trinajstić information content (AvgIpc) is 3.68. The molecule has 46 heavy (non-hydrogen) atoms. The number of alkyl halides is 3. The van der Waals surface area contributed by atoms with Crippen molar-refractivity contribution in [3.8, 4) is 5.75 Å². The summed E-state index contributed by atoms with van der Waals surface area (Å²) in [7, 11) is 1.39. The zero-order valence-electron chi connectivity index (χ0n) is 25.7. The van der Waals surface area contributed by atoms with Gasteiger partial charge in [0.25, 0.3) is 5.91 Å². The van der Waals surface area contributed by atoms with E-state index in [-0.39, 0.29) is 29.0 Å². The minimum atomic E-state index is -4.99. The molecule has 2 aromatic rings. The van der Waals surface area contributed by atoms with Crippen LogP contribution in [0, 0.1) is 35.0 Å². The summed E-state index contributed by atoms with van der Waals surface area (Å²) in [4.78, 5) is 36.6. The SMILES string of the molecule is CNc1nc(N2CCc3cc(OCCC4CCOCC4)ccc32)nc(C(F)(F)F)c1C(=O)NC1(C(=O)O)C2CC3CC4CC1C34C2. The fraction of sp³-hybridized carbons (Fsp3) is 0.636. The normalized spacial score (nSPS) is 32.3. The molecule has 8 rings (SSSR count). The van der Waals surface area contributed by atoms with Crippen molar-refractivity contribution in [1.82, 2.24) is 15.3 Å². The molecule has 6 unspecified atom stereocenters. The van der Waals surface area contributed by atoms with Crippen molar-refractivity contribution >= 4 is 29.3 Å². The van der Waals surface area contributed by atoms with Crippen molar-refractivity contribution < 1.29 is 37.3 Å². The Morgan fingerprint density at radius 2 is 1.89 bits per heavy atom. The molecule has 2 bridgehead atoms. The van der Waals surface area contributed by atoms with Crippen molar-refractivity contribution in [2.24, 2.45) is 35.0 Å². The lowest BCUT2D eigenvalue weighted by atomic mass is 9.36. The van der Waals surface area contributed by atoms with Gasteiger partial charge in [0.1, 0.15) is 22.7 Å². The topological polar surface area (TPSA) is 126 Å². The molecule has 2 aliphatic heterocycles. The summed E-state index contributed by atoms with van der Waals surface area (Å²) in [6.45, 7) is 2.49. The Labute approximate surface area is 264 Å². The molecular weight excluding hydrogens is 603 g/mol. The van der Waals surface area contributed by atoms with Crippen LogP contribution in [0.5, 0.6) is 5.75 Å². The number of ether oxygens (including phenoxy) is 2. The summed E-state index contributed by atoms with van der Waals surface area (Å²) in [6, 6.07) is 5.50. The van der Waals surface area contributed by atoms with Crippen molar-refractivity contribution in [1.29, 1.82) is 0 Å². The lowest BCUT2D eigenvalue weighted by Gasteiger charge is -2.69. The number of hydrogen-bond donors (Lipinski definition) is 3. The zero-order valence-corrected chi connectivity index (χ0v) is 25.7. The first-order valence-electron chi connectivity index (χ1n) is 16.4. The quantitative estimate of drug-likeness (QED) is 0.345. The number of benzene rings is 1. The van der Waals surface area contributed by atoms with Crippen LogP contribution in [0.4, 0.5) is 30.6 Å². The van der Waals surface area contributed by atoms with E-state index in [1.54, 1.807) is 17.0 Å². The summed E-state index contributed by atoms with van der Waals surface area (Å²) in [6.07, 6.45) is 1.70. The summed E-state index contributed by atoms with van der Waals surface area (Å²) in [5, 5.41) is 15.8. The smallest absolute Gasteiger partial charge is 0.434 e. The molecule has 4 saturated carbocycles. The summed E-state index contributed by atoms with van der Waals surface area (Å²) in [5.74, 6) is -1.16. The summed E-state index contributed by atoms with van der Waals surface area (Å²) >= 11 is 0. The molecule has 6 aliphatic rings. The number of aliphatic carboxylic acids is 1. The number of hydrogen-bond acceptors (Lipinski definition) is 8. The molecule has 6 atom stereocenters. The number of fused-ring (bicyclic) bond motifs is 2. The number of carboxylic acids is 1. The highest BCUT2D eigenvalue weighted by Crippen LogP contribution is 2.83. The first-order valence-corrected chi connectivity index (χ1v) is 16.4. The number of carboxylic acid groups (broad SMARTS) is 1. The van der Waals surface area contributed by atoms with Gasteiger partial charge in [-0.05, 0) is 110 Å². The van der Waals surface area contributed by atoms with Crippen LogP contribution in [0.25, 0.3) is 0 Å². The van der Waals surface area contributed by atoms with Crippen molar-refractivity contribution in [2.75, 3.05) is 43.6 Å². The van der Waals surface area contributed by atoms with E-state index in [1.165, 1.54) is 7.05 Å². The molecule has 1 aromatic carbocycles. The standard InChI is InChI=1S/C33H38F3N5O5/c1-37-27-25(28(42)40-32(29(43)44)21-14-19-13-20-15-24(32)31(19,20)16-21)26(33(34,35)36)38-30(39-27)41-8-4-18-12-22(2-3-23(18)41)46-11-7-17-5-9-45-10-6-17/h2-3,12,17,19-21,24H,4-11,13-16H2,1H3,(H,40,42)(H,43,44)(H,37,38,39). The molecule has 5 fully saturated rings. The Bertz CT molecular complexity index is 1600. The van der Waals surface area contributed by atoms with Crippen LogP contribution in [0.1, 0.15) is 66.6 Å². The largest absolute Gasteiger partial charge is 0.494 e. The molecule has 1 spiro atoms. The van der Waals surface area contributed by atoms with Gasteiger partial charge in [0, 0.05) is 32.5 Å². The van der Waals surface area contributed by atoms with Gasteiger partial charge in [0.15, 0.2) is 5.69 Å². The molecule has 0 radical (unpaired) electrons. The van der Waals surface area contributed by atoms with Crippen LogP contribution in [0.15, 0.2) is 18.2 Å². The number of carbonyl (C=O) groups is 2. The van der Waals surface area contributed by atoms with E-state index in [2.05, 4.69) is 20.6 Å². The number of rotatable bonds is 9. The summed E-state index contributed by atoms with van der Waals surface area (Å²) < 4.78 is 55.4. The third kappa shape index (κ3) is 4.18. The molecule has 1 amide bonds. The molecule has 3 N–H and O–H groups in total. The second-order valence-electron chi connectivity index (χ2n) is 14.0. The highest BCUT2D eigenvalue weighted by molar-refractivity contribution is 6.03. The maximum absolute atomic E-state index is 14.7. The molecule has 4 aliphatic carbocycles. The third-order valence-electron chi connectivity index (χ3n) is 12.2. The zero-order chi connectivity index (χ0) is 32.0. The minimum absolute atomic E-state index is 0.0890. The number of nitrogens with one attached hydrogen (secondary N) is 2. The van der Waals surface area contributed by atoms with E-state index in [0.717, 1.165) is 44.5 Å². The molecule has 1 aromatic heterocycles. The Balaban J connectivity index is 1.06. The molecule has 246 valence electrons. The van der Waals surface area contributed by atoms with E-state index >= 15 is 0 Å². The van der Waals surface area contributed by atoms with Gasteiger partial charge >= 0.3 is 12.1 Å².